The van der Waals surface area contributed by atoms with E-state index in [0.29, 0.717) is 35.7 Å². The van der Waals surface area contributed by atoms with Gasteiger partial charge in [-0.2, -0.15) is 0 Å². The zero-order valence-electron chi connectivity index (χ0n) is 11.5. The summed E-state index contributed by atoms with van der Waals surface area (Å²) in [5, 5.41) is 0. The lowest BCUT2D eigenvalue weighted by Gasteiger charge is -2.07. The number of sulfone groups is 1. The zero-order valence-corrected chi connectivity index (χ0v) is 13.1. The molecule has 0 saturated carbocycles. The van der Waals surface area contributed by atoms with Gasteiger partial charge < -0.3 is 10.3 Å². The third kappa shape index (κ3) is 3.36. The van der Waals surface area contributed by atoms with E-state index >= 15 is 0 Å². The summed E-state index contributed by atoms with van der Waals surface area (Å²) >= 11 is 5.76. The van der Waals surface area contributed by atoms with Gasteiger partial charge in [0.15, 0.2) is 9.84 Å². The second-order valence-electron chi connectivity index (χ2n) is 4.73. The highest BCUT2D eigenvalue weighted by molar-refractivity contribution is 7.91. The summed E-state index contributed by atoms with van der Waals surface area (Å²) in [7, 11) is -3.38. The third-order valence-corrected chi connectivity index (χ3v) is 4.44. The number of rotatable bonds is 6. The summed E-state index contributed by atoms with van der Waals surface area (Å²) in [5.41, 5.74) is 6.25. The molecule has 0 radical (unpaired) electrons. The highest BCUT2D eigenvalue weighted by Gasteiger charge is 2.18. The Hall–Kier alpha value is -1.60. The van der Waals surface area contributed by atoms with E-state index in [4.69, 9.17) is 17.3 Å². The lowest BCUT2D eigenvalue weighted by atomic mass is 10.3. The van der Waals surface area contributed by atoms with E-state index in [2.05, 4.69) is 4.98 Å². The van der Waals surface area contributed by atoms with E-state index in [-0.39, 0.29) is 11.3 Å². The van der Waals surface area contributed by atoms with Gasteiger partial charge in [-0.05, 0) is 12.1 Å². The molecule has 2 rings (SSSR count). The van der Waals surface area contributed by atoms with E-state index in [1.807, 2.05) is 0 Å². The van der Waals surface area contributed by atoms with Crippen LogP contribution in [0.15, 0.2) is 23.1 Å². The molecule has 0 saturated heterocycles. The van der Waals surface area contributed by atoms with Crippen LogP contribution >= 0.6 is 11.6 Å². The SMILES string of the molecule is CS(=O)(=O)c1cccc2c1nc(CCCl)n2CCC(N)=O. The number of halogens is 1. The lowest BCUT2D eigenvalue weighted by molar-refractivity contribution is -0.118. The molecule has 1 aromatic heterocycles. The number of hydrogen-bond acceptors (Lipinski definition) is 4. The fourth-order valence-electron chi connectivity index (χ4n) is 2.22. The van der Waals surface area contributed by atoms with Crippen molar-refractivity contribution in [2.24, 2.45) is 5.73 Å². The summed E-state index contributed by atoms with van der Waals surface area (Å²) in [6.07, 6.45) is 1.79. The van der Waals surface area contributed by atoms with Crippen molar-refractivity contribution in [3.8, 4) is 0 Å². The Balaban J connectivity index is 2.65. The van der Waals surface area contributed by atoms with Crippen LogP contribution < -0.4 is 5.73 Å². The van der Waals surface area contributed by atoms with E-state index < -0.39 is 15.7 Å². The second kappa shape index (κ2) is 6.03. The van der Waals surface area contributed by atoms with Crippen LogP contribution in [0.25, 0.3) is 11.0 Å². The first-order valence-corrected chi connectivity index (χ1v) is 8.79. The monoisotopic (exact) mass is 329 g/mol. The molecule has 0 aliphatic carbocycles. The number of primary amides is 1. The molecule has 0 atom stereocenters. The number of imidazole rings is 1. The Morgan fingerprint density at radius 1 is 1.43 bits per heavy atom. The number of hydrogen-bond donors (Lipinski definition) is 1. The highest BCUT2D eigenvalue weighted by atomic mass is 35.5. The van der Waals surface area contributed by atoms with Crippen molar-refractivity contribution in [1.82, 2.24) is 9.55 Å². The van der Waals surface area contributed by atoms with Crippen molar-refractivity contribution < 1.29 is 13.2 Å². The van der Waals surface area contributed by atoms with E-state index in [1.165, 1.54) is 6.07 Å². The minimum absolute atomic E-state index is 0.157. The molecule has 0 unspecified atom stereocenters. The maximum atomic E-state index is 11.8. The molecule has 2 aromatic rings. The van der Waals surface area contributed by atoms with Gasteiger partial charge in [-0.15, -0.1) is 11.6 Å². The van der Waals surface area contributed by atoms with E-state index in [9.17, 15) is 13.2 Å². The van der Waals surface area contributed by atoms with Gasteiger partial charge in [-0.3, -0.25) is 4.79 Å². The smallest absolute Gasteiger partial charge is 0.219 e. The molecule has 0 aliphatic heterocycles. The quantitative estimate of drug-likeness (QED) is 0.803. The van der Waals surface area contributed by atoms with E-state index in [0.717, 1.165) is 6.26 Å². The Bertz CT molecular complexity index is 783. The summed E-state index contributed by atoms with van der Waals surface area (Å²) in [6, 6.07) is 4.95. The predicted octanol–water partition coefficient (Wildman–Crippen LogP) is 1.10. The summed E-state index contributed by atoms with van der Waals surface area (Å²) in [6.45, 7) is 0.352. The molecule has 0 spiro atoms. The molecular formula is C13H16ClN3O3S. The third-order valence-electron chi connectivity index (χ3n) is 3.12. The number of fused-ring (bicyclic) bond motifs is 1. The maximum absolute atomic E-state index is 11.8. The van der Waals surface area contributed by atoms with Gasteiger partial charge in [0.1, 0.15) is 11.3 Å². The molecule has 1 amide bonds. The lowest BCUT2D eigenvalue weighted by Crippen LogP contribution is -2.15. The topological polar surface area (TPSA) is 95.1 Å². The van der Waals surface area contributed by atoms with Crippen LogP contribution in [0.2, 0.25) is 0 Å². The van der Waals surface area contributed by atoms with Crippen LogP contribution in [-0.2, 0) is 27.6 Å². The molecule has 8 heteroatoms. The Morgan fingerprint density at radius 2 is 2.14 bits per heavy atom. The number of aromatic nitrogens is 2. The van der Waals surface area contributed by atoms with Crippen molar-refractivity contribution in [3.05, 3.63) is 24.0 Å². The Morgan fingerprint density at radius 3 is 2.71 bits per heavy atom. The van der Waals surface area contributed by atoms with Crippen molar-refractivity contribution in [3.63, 3.8) is 0 Å². The van der Waals surface area contributed by atoms with Crippen molar-refractivity contribution in [1.29, 1.82) is 0 Å². The van der Waals surface area contributed by atoms with Crippen LogP contribution in [-0.4, -0.2) is 36.0 Å². The largest absolute Gasteiger partial charge is 0.370 e. The predicted molar refractivity (Wildman–Crippen MR) is 81.1 cm³/mol. The molecule has 2 N–H and O–H groups in total. The van der Waals surface area contributed by atoms with Gasteiger partial charge in [-0.1, -0.05) is 6.07 Å². The minimum atomic E-state index is -3.38. The molecule has 114 valence electrons. The molecule has 21 heavy (non-hydrogen) atoms. The number of para-hydroxylation sites is 1. The molecule has 6 nitrogen and oxygen atoms in total. The summed E-state index contributed by atoms with van der Waals surface area (Å²) < 4.78 is 25.5. The highest BCUT2D eigenvalue weighted by Crippen LogP contribution is 2.24. The number of carbonyl (C=O) groups is 1. The summed E-state index contributed by atoms with van der Waals surface area (Å²) in [5.74, 6) is 0.582. The Kier molecular flexibility index (Phi) is 4.53. The number of carbonyl (C=O) groups excluding carboxylic acids is 1. The van der Waals surface area contributed by atoms with Gasteiger partial charge in [0.05, 0.1) is 10.4 Å². The number of nitrogens with two attached hydrogens (primary N) is 1. The van der Waals surface area contributed by atoms with Crippen LogP contribution in [0.5, 0.6) is 0 Å². The zero-order chi connectivity index (χ0) is 15.6. The van der Waals surface area contributed by atoms with E-state index in [1.54, 1.807) is 16.7 Å². The molecule has 1 heterocycles. The van der Waals surface area contributed by atoms with Crippen molar-refractivity contribution in [2.75, 3.05) is 12.1 Å². The number of benzene rings is 1. The van der Waals surface area contributed by atoms with Gasteiger partial charge in [0.2, 0.25) is 5.91 Å². The van der Waals surface area contributed by atoms with Crippen molar-refractivity contribution in [2.45, 2.75) is 24.3 Å². The minimum Gasteiger partial charge on any atom is -0.370 e. The first-order valence-electron chi connectivity index (χ1n) is 6.37. The van der Waals surface area contributed by atoms with Crippen LogP contribution in [0.1, 0.15) is 12.2 Å². The van der Waals surface area contributed by atoms with Crippen molar-refractivity contribution >= 4 is 38.4 Å². The van der Waals surface area contributed by atoms with Gasteiger partial charge >= 0.3 is 0 Å². The first-order chi connectivity index (χ1) is 9.84. The fraction of sp³-hybridized carbons (Fsp3) is 0.385. The average Bonchev–Trinajstić information content (AvgIpc) is 2.72. The van der Waals surface area contributed by atoms with Gasteiger partial charge in [-0.25, -0.2) is 13.4 Å². The average molecular weight is 330 g/mol. The normalized spacial score (nSPS) is 11.9. The molecular weight excluding hydrogens is 314 g/mol. The maximum Gasteiger partial charge on any atom is 0.219 e. The second-order valence-corrected chi connectivity index (χ2v) is 7.09. The van der Waals surface area contributed by atoms with Gasteiger partial charge in [0, 0.05) is 31.5 Å². The molecule has 0 bridgehead atoms. The molecule has 0 aliphatic rings. The Labute approximate surface area is 127 Å². The molecule has 0 fully saturated rings. The number of amides is 1. The molecule has 1 aromatic carbocycles. The number of nitrogens with zero attached hydrogens (tertiary/aromatic N) is 2. The standard InChI is InChI=1S/C13H16ClN3O3S/c1-21(19,20)10-4-2-3-9-13(10)16-12(5-7-14)17(9)8-6-11(15)18/h2-4H,5-8H2,1H3,(H2,15,18). The fourth-order valence-corrected chi connectivity index (χ4v) is 3.21. The number of alkyl halides is 1. The van der Waals surface area contributed by atoms with Crippen LogP contribution in [0.3, 0.4) is 0 Å². The van der Waals surface area contributed by atoms with Gasteiger partial charge in [0.25, 0.3) is 0 Å². The van der Waals surface area contributed by atoms with Crippen LogP contribution in [0, 0.1) is 0 Å². The summed E-state index contributed by atoms with van der Waals surface area (Å²) in [4.78, 5) is 15.6. The first kappa shape index (κ1) is 15.8. The number of aryl methyl sites for hydroxylation is 2. The van der Waals surface area contributed by atoms with Crippen LogP contribution in [0.4, 0.5) is 0 Å².